The first kappa shape index (κ1) is 16.8. The molecule has 0 saturated carbocycles. The second-order valence-electron chi connectivity index (χ2n) is 5.61. The quantitative estimate of drug-likeness (QED) is 0.613. The molecule has 1 atom stereocenters. The number of benzene rings is 2. The standard InChI is InChI=1S/C18H21N5O2/c1-10(19)21-18-22-12-9-13(24-2)16(25-3)14(15(12)17(20)23-18)11-7-5-4-6-8-11/h4-10H,19H2,1-3H3,(H3,20,21,22,23). The molecule has 25 heavy (non-hydrogen) atoms. The Morgan fingerprint density at radius 2 is 1.80 bits per heavy atom. The smallest absolute Gasteiger partial charge is 0.226 e. The van der Waals surface area contributed by atoms with Crippen LogP contribution in [0.2, 0.25) is 0 Å². The van der Waals surface area contributed by atoms with Crippen molar-refractivity contribution >= 4 is 22.7 Å². The van der Waals surface area contributed by atoms with Gasteiger partial charge in [-0.15, -0.1) is 0 Å². The van der Waals surface area contributed by atoms with E-state index in [-0.39, 0.29) is 6.17 Å². The van der Waals surface area contributed by atoms with Crippen LogP contribution in [0, 0.1) is 0 Å². The molecule has 130 valence electrons. The van der Waals surface area contributed by atoms with E-state index in [1.807, 2.05) is 30.3 Å². The van der Waals surface area contributed by atoms with Gasteiger partial charge in [-0.25, -0.2) is 4.98 Å². The number of nitrogens with two attached hydrogens (primary N) is 2. The fourth-order valence-electron chi connectivity index (χ4n) is 2.79. The highest BCUT2D eigenvalue weighted by atomic mass is 16.5. The van der Waals surface area contributed by atoms with Crippen molar-refractivity contribution in [3.8, 4) is 22.6 Å². The van der Waals surface area contributed by atoms with Gasteiger partial charge in [0.15, 0.2) is 11.5 Å². The molecule has 3 rings (SSSR count). The van der Waals surface area contributed by atoms with Gasteiger partial charge in [-0.05, 0) is 12.5 Å². The number of nitrogens with zero attached hydrogens (tertiary/aromatic N) is 2. The lowest BCUT2D eigenvalue weighted by atomic mass is 9.99. The fraction of sp³-hybridized carbons (Fsp3) is 0.222. The fourth-order valence-corrected chi connectivity index (χ4v) is 2.79. The number of fused-ring (bicyclic) bond motifs is 1. The topological polar surface area (TPSA) is 108 Å². The molecule has 0 spiro atoms. The van der Waals surface area contributed by atoms with Crippen LogP contribution >= 0.6 is 0 Å². The molecule has 0 radical (unpaired) electrons. The largest absolute Gasteiger partial charge is 0.493 e. The molecular weight excluding hydrogens is 318 g/mol. The van der Waals surface area contributed by atoms with E-state index in [1.54, 1.807) is 27.2 Å². The SMILES string of the molecule is COc1cc2nc(NC(C)N)nc(N)c2c(-c2ccccc2)c1OC. The second kappa shape index (κ2) is 6.82. The van der Waals surface area contributed by atoms with Crippen molar-refractivity contribution in [2.75, 3.05) is 25.3 Å². The van der Waals surface area contributed by atoms with Gasteiger partial charge in [-0.2, -0.15) is 4.98 Å². The normalized spacial score (nSPS) is 12.0. The van der Waals surface area contributed by atoms with Gasteiger partial charge >= 0.3 is 0 Å². The van der Waals surface area contributed by atoms with Crippen LogP contribution in [0.5, 0.6) is 11.5 Å². The number of methoxy groups -OCH3 is 2. The molecule has 2 aromatic carbocycles. The second-order valence-corrected chi connectivity index (χ2v) is 5.61. The summed E-state index contributed by atoms with van der Waals surface area (Å²) in [6.07, 6.45) is -0.300. The lowest BCUT2D eigenvalue weighted by molar-refractivity contribution is 0.357. The molecule has 0 fully saturated rings. The Bertz CT molecular complexity index is 897. The summed E-state index contributed by atoms with van der Waals surface area (Å²) in [5.41, 5.74) is 14.4. The van der Waals surface area contributed by atoms with Crippen molar-refractivity contribution in [1.29, 1.82) is 0 Å². The predicted molar refractivity (Wildman–Crippen MR) is 99.8 cm³/mol. The lowest BCUT2D eigenvalue weighted by Crippen LogP contribution is -2.26. The van der Waals surface area contributed by atoms with Crippen LogP contribution in [0.4, 0.5) is 11.8 Å². The van der Waals surface area contributed by atoms with Gasteiger partial charge in [0.2, 0.25) is 5.95 Å². The van der Waals surface area contributed by atoms with E-state index in [0.29, 0.717) is 34.2 Å². The molecule has 5 N–H and O–H groups in total. The van der Waals surface area contributed by atoms with E-state index in [2.05, 4.69) is 15.3 Å². The molecule has 0 bridgehead atoms. The number of anilines is 2. The third-order valence-electron chi connectivity index (χ3n) is 3.78. The Hall–Kier alpha value is -3.06. The van der Waals surface area contributed by atoms with Crippen LogP contribution in [0.15, 0.2) is 36.4 Å². The van der Waals surface area contributed by atoms with Gasteiger partial charge in [0.25, 0.3) is 0 Å². The molecular formula is C18H21N5O2. The number of rotatable bonds is 5. The molecule has 1 heterocycles. The van der Waals surface area contributed by atoms with E-state index in [4.69, 9.17) is 20.9 Å². The average molecular weight is 339 g/mol. The number of aromatic nitrogens is 2. The number of nitrogen functional groups attached to an aromatic ring is 1. The van der Waals surface area contributed by atoms with Crippen molar-refractivity contribution in [3.63, 3.8) is 0 Å². The minimum absolute atomic E-state index is 0.300. The highest BCUT2D eigenvalue weighted by molar-refractivity contribution is 6.05. The molecule has 1 aromatic heterocycles. The van der Waals surface area contributed by atoms with Gasteiger partial charge in [-0.1, -0.05) is 30.3 Å². The summed E-state index contributed by atoms with van der Waals surface area (Å²) in [6, 6.07) is 11.6. The van der Waals surface area contributed by atoms with E-state index < -0.39 is 0 Å². The van der Waals surface area contributed by atoms with Crippen LogP contribution < -0.4 is 26.3 Å². The maximum absolute atomic E-state index is 6.26. The number of nitrogens with one attached hydrogen (secondary N) is 1. The number of hydrogen-bond donors (Lipinski definition) is 3. The summed E-state index contributed by atoms with van der Waals surface area (Å²) >= 11 is 0. The van der Waals surface area contributed by atoms with Gasteiger partial charge in [0.05, 0.1) is 31.3 Å². The lowest BCUT2D eigenvalue weighted by Gasteiger charge is -2.18. The van der Waals surface area contributed by atoms with Gasteiger partial charge in [-0.3, -0.25) is 0 Å². The first-order valence-electron chi connectivity index (χ1n) is 7.85. The van der Waals surface area contributed by atoms with Crippen molar-refractivity contribution in [3.05, 3.63) is 36.4 Å². The zero-order valence-corrected chi connectivity index (χ0v) is 14.4. The van der Waals surface area contributed by atoms with Gasteiger partial charge in [0.1, 0.15) is 5.82 Å². The van der Waals surface area contributed by atoms with Crippen molar-refractivity contribution in [2.24, 2.45) is 5.73 Å². The monoisotopic (exact) mass is 339 g/mol. The van der Waals surface area contributed by atoms with E-state index in [1.165, 1.54) is 0 Å². The van der Waals surface area contributed by atoms with Crippen LogP contribution in [0.1, 0.15) is 6.92 Å². The van der Waals surface area contributed by atoms with E-state index in [0.717, 1.165) is 11.1 Å². The molecule has 0 amide bonds. The Labute approximate surface area is 146 Å². The summed E-state index contributed by atoms with van der Waals surface area (Å²) in [5.74, 6) is 1.86. The third kappa shape index (κ3) is 3.14. The van der Waals surface area contributed by atoms with Crippen LogP contribution in [0.25, 0.3) is 22.0 Å². The zero-order valence-electron chi connectivity index (χ0n) is 14.4. The highest BCUT2D eigenvalue weighted by Crippen LogP contribution is 2.45. The van der Waals surface area contributed by atoms with E-state index in [9.17, 15) is 0 Å². The Balaban J connectivity index is 2.37. The van der Waals surface area contributed by atoms with Crippen molar-refractivity contribution in [2.45, 2.75) is 13.1 Å². The van der Waals surface area contributed by atoms with Crippen LogP contribution in [-0.4, -0.2) is 30.4 Å². The molecule has 0 aliphatic rings. The van der Waals surface area contributed by atoms with Crippen LogP contribution in [-0.2, 0) is 0 Å². The molecule has 0 aliphatic carbocycles. The Morgan fingerprint density at radius 1 is 1.08 bits per heavy atom. The third-order valence-corrected chi connectivity index (χ3v) is 3.78. The molecule has 3 aromatic rings. The molecule has 0 saturated heterocycles. The van der Waals surface area contributed by atoms with Crippen LogP contribution in [0.3, 0.4) is 0 Å². The predicted octanol–water partition coefficient (Wildman–Crippen LogP) is 2.61. The Kier molecular flexibility index (Phi) is 4.58. The maximum atomic E-state index is 6.26. The summed E-state index contributed by atoms with van der Waals surface area (Å²) in [6.45, 7) is 1.80. The van der Waals surface area contributed by atoms with Crippen molar-refractivity contribution < 1.29 is 9.47 Å². The van der Waals surface area contributed by atoms with E-state index >= 15 is 0 Å². The van der Waals surface area contributed by atoms with Crippen molar-refractivity contribution in [1.82, 2.24) is 9.97 Å². The maximum Gasteiger partial charge on any atom is 0.226 e. The number of hydrogen-bond acceptors (Lipinski definition) is 7. The molecule has 1 unspecified atom stereocenters. The first-order chi connectivity index (χ1) is 12.0. The van der Waals surface area contributed by atoms with Gasteiger partial charge in [0, 0.05) is 11.6 Å². The zero-order chi connectivity index (χ0) is 18.0. The summed E-state index contributed by atoms with van der Waals surface area (Å²) < 4.78 is 11.1. The Morgan fingerprint density at radius 3 is 2.40 bits per heavy atom. The minimum Gasteiger partial charge on any atom is -0.493 e. The summed E-state index contributed by atoms with van der Waals surface area (Å²) in [4.78, 5) is 8.87. The molecule has 7 heteroatoms. The van der Waals surface area contributed by atoms with Gasteiger partial charge < -0.3 is 26.3 Å². The summed E-state index contributed by atoms with van der Waals surface area (Å²) in [7, 11) is 3.18. The number of ether oxygens (including phenoxy) is 2. The molecule has 0 aliphatic heterocycles. The highest BCUT2D eigenvalue weighted by Gasteiger charge is 2.20. The summed E-state index contributed by atoms with van der Waals surface area (Å²) in [5, 5.41) is 3.67. The minimum atomic E-state index is -0.300. The first-order valence-corrected chi connectivity index (χ1v) is 7.85. The average Bonchev–Trinajstić information content (AvgIpc) is 2.60. The molecule has 7 nitrogen and oxygen atoms in total.